The maximum absolute atomic E-state index is 5.34. The normalized spacial score (nSPS) is 11.6. The van der Waals surface area contributed by atoms with Crippen LogP contribution in [0.3, 0.4) is 0 Å². The zero-order valence-electron chi connectivity index (χ0n) is 38.9. The maximum atomic E-state index is 5.34. The summed E-state index contributed by atoms with van der Waals surface area (Å²) in [5, 5.41) is 4.83. The van der Waals surface area contributed by atoms with Gasteiger partial charge in [-0.2, -0.15) is 0 Å². The number of rotatable bonds is 8. The first kappa shape index (κ1) is 41.1. The van der Waals surface area contributed by atoms with Crippen molar-refractivity contribution in [2.24, 2.45) is 0 Å². The average molecular weight is 895 g/mol. The van der Waals surface area contributed by atoms with Crippen LogP contribution in [0, 0.1) is 13.8 Å². The number of nitrogens with zero attached hydrogens (tertiary/aromatic N) is 4. The van der Waals surface area contributed by atoms with Crippen molar-refractivity contribution in [3.63, 3.8) is 0 Å². The van der Waals surface area contributed by atoms with Crippen LogP contribution in [0.2, 0.25) is 0 Å². The molecule has 0 unspecified atom stereocenters. The summed E-state index contributed by atoms with van der Waals surface area (Å²) < 4.78 is 4.91. The van der Waals surface area contributed by atoms with E-state index in [-0.39, 0.29) is 0 Å². The molecule has 3 aromatic heterocycles. The third kappa shape index (κ3) is 7.08. The van der Waals surface area contributed by atoms with Crippen LogP contribution in [0.15, 0.2) is 243 Å². The van der Waals surface area contributed by atoms with Crippen LogP contribution >= 0.6 is 0 Å². The van der Waals surface area contributed by atoms with Gasteiger partial charge in [-0.15, -0.1) is 0 Å². The second-order valence-corrected chi connectivity index (χ2v) is 18.4. The molecular weight excluding hydrogens is 849 g/mol. The van der Waals surface area contributed by atoms with Crippen molar-refractivity contribution in [2.75, 3.05) is 0 Å². The Bertz CT molecular complexity index is 4080. The SMILES string of the molecule is Cc1cccc(-c2ccc3c(c2)c2ccccc2n3-c2ccccc2-c2cc(-c3nc(-c4ccccc4)cc(-c4ccccc4)n3)ccc2-n2c3ccccc3c3cc(-c4cccc(C)c4)ccc32)c1. The lowest BCUT2D eigenvalue weighted by atomic mass is 9.97. The van der Waals surface area contributed by atoms with Gasteiger partial charge >= 0.3 is 0 Å². The lowest BCUT2D eigenvalue weighted by Crippen LogP contribution is -2.03. The van der Waals surface area contributed by atoms with Crippen LogP contribution in [-0.4, -0.2) is 19.1 Å². The van der Waals surface area contributed by atoms with Crippen LogP contribution in [0.4, 0.5) is 0 Å². The smallest absolute Gasteiger partial charge is 0.160 e. The van der Waals surface area contributed by atoms with Gasteiger partial charge in [0.2, 0.25) is 0 Å². The lowest BCUT2D eigenvalue weighted by molar-refractivity contribution is 1.15. The summed E-state index contributed by atoms with van der Waals surface area (Å²) in [7, 11) is 0. The van der Waals surface area contributed by atoms with E-state index in [9.17, 15) is 0 Å². The molecule has 0 saturated heterocycles. The fraction of sp³-hybridized carbons (Fsp3) is 0.0303. The van der Waals surface area contributed by atoms with Crippen molar-refractivity contribution in [2.45, 2.75) is 13.8 Å². The number of hydrogen-bond acceptors (Lipinski definition) is 2. The second kappa shape index (κ2) is 16.9. The summed E-state index contributed by atoms with van der Waals surface area (Å²) >= 11 is 0. The Morgan fingerprint density at radius 2 is 0.700 bits per heavy atom. The molecule has 4 nitrogen and oxygen atoms in total. The van der Waals surface area contributed by atoms with Crippen LogP contribution in [0.1, 0.15) is 11.1 Å². The fourth-order valence-corrected chi connectivity index (χ4v) is 10.5. The Morgan fingerprint density at radius 1 is 0.271 bits per heavy atom. The summed E-state index contributed by atoms with van der Waals surface area (Å²) in [5.41, 5.74) is 20.9. The third-order valence-corrected chi connectivity index (χ3v) is 13.8. The predicted molar refractivity (Wildman–Crippen MR) is 293 cm³/mol. The molecule has 4 heteroatoms. The van der Waals surface area contributed by atoms with Gasteiger partial charge in [-0.25, -0.2) is 9.97 Å². The van der Waals surface area contributed by atoms with Gasteiger partial charge < -0.3 is 9.13 Å². The highest BCUT2D eigenvalue weighted by Gasteiger charge is 2.23. The monoisotopic (exact) mass is 894 g/mol. The Morgan fingerprint density at radius 3 is 1.24 bits per heavy atom. The molecule has 0 saturated carbocycles. The molecular formula is C66H46N4. The molecule has 0 spiro atoms. The van der Waals surface area contributed by atoms with Gasteiger partial charge in [-0.3, -0.25) is 0 Å². The van der Waals surface area contributed by atoms with Crippen LogP contribution in [0.5, 0.6) is 0 Å². The predicted octanol–water partition coefficient (Wildman–Crippen LogP) is 17.3. The van der Waals surface area contributed by atoms with Gasteiger partial charge in [-0.05, 0) is 103 Å². The van der Waals surface area contributed by atoms with Crippen molar-refractivity contribution < 1.29 is 0 Å². The summed E-state index contributed by atoms with van der Waals surface area (Å²) in [5.74, 6) is 0.663. The Balaban J connectivity index is 1.09. The van der Waals surface area contributed by atoms with Crippen LogP contribution in [-0.2, 0) is 0 Å². The Kier molecular flexibility index (Phi) is 9.91. The topological polar surface area (TPSA) is 35.6 Å². The second-order valence-electron chi connectivity index (χ2n) is 18.4. The summed E-state index contributed by atoms with van der Waals surface area (Å²) in [6, 6.07) is 87.7. The van der Waals surface area contributed by atoms with E-state index < -0.39 is 0 Å². The van der Waals surface area contributed by atoms with E-state index in [2.05, 4.69) is 254 Å². The maximum Gasteiger partial charge on any atom is 0.160 e. The van der Waals surface area contributed by atoms with E-state index in [0.717, 1.165) is 72.6 Å². The summed E-state index contributed by atoms with van der Waals surface area (Å²) in [4.78, 5) is 10.7. The van der Waals surface area contributed by atoms with Crippen molar-refractivity contribution >= 4 is 43.6 Å². The molecule has 10 aromatic carbocycles. The lowest BCUT2D eigenvalue weighted by Gasteiger charge is -2.20. The number of benzene rings is 10. The molecule has 0 bridgehead atoms. The minimum Gasteiger partial charge on any atom is -0.309 e. The quantitative estimate of drug-likeness (QED) is 0.152. The van der Waals surface area contributed by atoms with Gasteiger partial charge in [0.15, 0.2) is 5.82 Å². The molecule has 330 valence electrons. The van der Waals surface area contributed by atoms with E-state index in [1.165, 1.54) is 54.9 Å². The van der Waals surface area contributed by atoms with E-state index >= 15 is 0 Å². The number of fused-ring (bicyclic) bond motifs is 6. The minimum absolute atomic E-state index is 0.663. The zero-order chi connectivity index (χ0) is 46.7. The standard InChI is InChI=1S/C66H46N4/c1-43-17-15-23-47(37-43)49-31-34-63-55(39-49)52-25-9-12-28-60(52)69(63)61-29-13-11-27-54(61)57-41-51(66-67-58(45-19-5-3-6-20-45)42-59(68-66)46-21-7-4-8-22-46)33-36-65(57)70-62-30-14-10-26-53(62)56-40-50(32-35-64(56)70)48-24-16-18-44(2)38-48/h3-42H,1-2H3. The molecule has 0 radical (unpaired) electrons. The van der Waals surface area contributed by atoms with E-state index in [0.29, 0.717) is 5.82 Å². The van der Waals surface area contributed by atoms with Gasteiger partial charge in [0.05, 0.1) is 44.8 Å². The van der Waals surface area contributed by atoms with Crippen molar-refractivity contribution in [3.05, 3.63) is 254 Å². The van der Waals surface area contributed by atoms with E-state index in [4.69, 9.17) is 9.97 Å². The average Bonchev–Trinajstić information content (AvgIpc) is 3.93. The highest BCUT2D eigenvalue weighted by Crippen LogP contribution is 2.43. The Hall–Kier alpha value is -9.12. The van der Waals surface area contributed by atoms with Crippen molar-refractivity contribution in [1.29, 1.82) is 0 Å². The molecule has 70 heavy (non-hydrogen) atoms. The molecule has 0 atom stereocenters. The molecule has 0 aliphatic rings. The fourth-order valence-electron chi connectivity index (χ4n) is 10.5. The molecule has 0 fully saturated rings. The van der Waals surface area contributed by atoms with Crippen LogP contribution < -0.4 is 0 Å². The zero-order valence-corrected chi connectivity index (χ0v) is 38.9. The number of para-hydroxylation sites is 3. The molecule has 0 amide bonds. The van der Waals surface area contributed by atoms with Gasteiger partial charge in [-0.1, -0.05) is 187 Å². The highest BCUT2D eigenvalue weighted by molar-refractivity contribution is 6.13. The van der Waals surface area contributed by atoms with E-state index in [1.807, 2.05) is 12.1 Å². The van der Waals surface area contributed by atoms with Gasteiger partial charge in [0.25, 0.3) is 0 Å². The summed E-state index contributed by atoms with van der Waals surface area (Å²) in [6.45, 7) is 4.31. The molecule has 0 N–H and O–H groups in total. The van der Waals surface area contributed by atoms with E-state index in [1.54, 1.807) is 0 Å². The molecule has 3 heterocycles. The molecule has 0 aliphatic heterocycles. The number of hydrogen-bond donors (Lipinski definition) is 0. The first-order valence-corrected chi connectivity index (χ1v) is 24.0. The minimum atomic E-state index is 0.663. The molecule has 0 aliphatic carbocycles. The van der Waals surface area contributed by atoms with Gasteiger partial charge in [0.1, 0.15) is 0 Å². The molecule has 13 rings (SSSR count). The van der Waals surface area contributed by atoms with Crippen molar-refractivity contribution in [3.8, 4) is 78.7 Å². The highest BCUT2D eigenvalue weighted by atomic mass is 15.0. The van der Waals surface area contributed by atoms with Crippen molar-refractivity contribution in [1.82, 2.24) is 19.1 Å². The first-order valence-electron chi connectivity index (χ1n) is 24.0. The largest absolute Gasteiger partial charge is 0.309 e. The van der Waals surface area contributed by atoms with Gasteiger partial charge in [0, 0.05) is 49.4 Å². The number of aryl methyl sites for hydroxylation is 2. The third-order valence-electron chi connectivity index (χ3n) is 13.8. The van der Waals surface area contributed by atoms with Crippen LogP contribution in [0.25, 0.3) is 122 Å². The molecule has 13 aromatic rings. The first-order chi connectivity index (χ1) is 34.5. The Labute approximate surface area is 407 Å². The number of aromatic nitrogens is 4. The summed E-state index contributed by atoms with van der Waals surface area (Å²) in [6.07, 6.45) is 0.